The van der Waals surface area contributed by atoms with Crippen molar-refractivity contribution in [1.82, 2.24) is 4.98 Å². The molecular formula is C12H15FN2OS. The molecule has 0 aliphatic heterocycles. The molecule has 1 aliphatic carbocycles. The Labute approximate surface area is 105 Å². The molecule has 3 nitrogen and oxygen atoms in total. The van der Waals surface area contributed by atoms with Crippen LogP contribution in [0.2, 0.25) is 0 Å². The van der Waals surface area contributed by atoms with E-state index in [2.05, 4.69) is 10.3 Å². The molecule has 1 N–H and O–H groups in total. The number of nitrogens with one attached hydrogen (secondary N) is 1. The van der Waals surface area contributed by atoms with Crippen molar-refractivity contribution in [2.24, 2.45) is 0 Å². The molecule has 1 heterocycles. The van der Waals surface area contributed by atoms with E-state index in [4.69, 9.17) is 17.0 Å². The summed E-state index contributed by atoms with van der Waals surface area (Å²) in [6, 6.07) is 1.83. The maximum absolute atomic E-state index is 13.5. The molecule has 92 valence electrons. The summed E-state index contributed by atoms with van der Waals surface area (Å²) >= 11 is 5.11. The third kappa shape index (κ3) is 2.91. The fraction of sp³-hybridized carbons (Fsp3) is 0.500. The molecule has 5 heteroatoms. The quantitative estimate of drug-likeness (QED) is 0.838. The zero-order chi connectivity index (χ0) is 12.4. The third-order valence-corrected chi connectivity index (χ3v) is 2.90. The van der Waals surface area contributed by atoms with Gasteiger partial charge < -0.3 is 10.1 Å². The van der Waals surface area contributed by atoms with E-state index in [1.54, 1.807) is 6.92 Å². The van der Waals surface area contributed by atoms with Crippen LogP contribution in [0.5, 0.6) is 0 Å². The van der Waals surface area contributed by atoms with Crippen molar-refractivity contribution >= 4 is 23.1 Å². The first-order valence-electron chi connectivity index (χ1n) is 5.72. The molecule has 0 saturated heterocycles. The fourth-order valence-corrected chi connectivity index (χ4v) is 1.75. The number of halogens is 1. The Morgan fingerprint density at radius 3 is 2.94 bits per heavy atom. The molecule has 0 bridgehead atoms. The van der Waals surface area contributed by atoms with Crippen LogP contribution in [0.15, 0.2) is 6.07 Å². The molecule has 1 aromatic heterocycles. The third-order valence-electron chi connectivity index (χ3n) is 2.56. The highest BCUT2D eigenvalue weighted by Gasteiger charge is 2.24. The maximum atomic E-state index is 13.5. The number of thiocarbonyl (C=S) groups is 1. The van der Waals surface area contributed by atoms with Gasteiger partial charge in [0.1, 0.15) is 11.6 Å². The second-order valence-corrected chi connectivity index (χ2v) is 4.46. The number of pyridine rings is 1. The minimum Gasteiger partial charge on any atom is -0.483 e. The first-order valence-corrected chi connectivity index (χ1v) is 6.13. The number of ether oxygens (including phenoxy) is 1. The highest BCUT2D eigenvalue weighted by atomic mass is 32.1. The van der Waals surface area contributed by atoms with Crippen LogP contribution >= 0.6 is 12.2 Å². The monoisotopic (exact) mass is 254 g/mol. The van der Waals surface area contributed by atoms with Crippen LogP contribution in [-0.2, 0) is 4.74 Å². The molecule has 1 aromatic rings. The first-order chi connectivity index (χ1) is 8.11. The Morgan fingerprint density at radius 1 is 1.65 bits per heavy atom. The van der Waals surface area contributed by atoms with E-state index in [1.807, 2.05) is 6.92 Å². The molecule has 1 aliphatic rings. The lowest BCUT2D eigenvalue weighted by Gasteiger charge is -2.13. The Balaban J connectivity index is 2.31. The zero-order valence-electron chi connectivity index (χ0n) is 9.92. The van der Waals surface area contributed by atoms with Gasteiger partial charge in [0.05, 0.1) is 17.9 Å². The second kappa shape index (κ2) is 4.96. The van der Waals surface area contributed by atoms with Crippen molar-refractivity contribution in [3.05, 3.63) is 23.1 Å². The summed E-state index contributed by atoms with van der Waals surface area (Å²) in [5, 5.41) is 3.54. The normalized spacial score (nSPS) is 14.5. The van der Waals surface area contributed by atoms with Crippen LogP contribution in [0.4, 0.5) is 10.2 Å². The number of nitrogens with zero attached hydrogens (tertiary/aromatic N) is 1. The Kier molecular flexibility index (Phi) is 3.57. The Morgan fingerprint density at radius 2 is 2.35 bits per heavy atom. The van der Waals surface area contributed by atoms with Crippen molar-refractivity contribution in [2.75, 3.05) is 11.9 Å². The Hall–Kier alpha value is -1.23. The van der Waals surface area contributed by atoms with Gasteiger partial charge in [-0.05, 0) is 45.0 Å². The van der Waals surface area contributed by atoms with Gasteiger partial charge in [0.2, 0.25) is 0 Å². The predicted octanol–water partition coefficient (Wildman–Crippen LogP) is 2.82. The van der Waals surface area contributed by atoms with E-state index in [0.29, 0.717) is 34.8 Å². The van der Waals surface area contributed by atoms with Crippen LogP contribution in [0.25, 0.3) is 0 Å². The van der Waals surface area contributed by atoms with Crippen LogP contribution in [0.3, 0.4) is 0 Å². The smallest absolute Gasteiger partial charge is 0.195 e. The number of hydrogen-bond acceptors (Lipinski definition) is 4. The summed E-state index contributed by atoms with van der Waals surface area (Å²) in [5.74, 6) is 0.272. The van der Waals surface area contributed by atoms with Gasteiger partial charge >= 0.3 is 0 Å². The fourth-order valence-electron chi connectivity index (χ4n) is 1.48. The number of hydrogen-bond donors (Lipinski definition) is 1. The van der Waals surface area contributed by atoms with E-state index in [1.165, 1.54) is 6.07 Å². The van der Waals surface area contributed by atoms with Gasteiger partial charge in [0.15, 0.2) is 5.05 Å². The van der Waals surface area contributed by atoms with Crippen molar-refractivity contribution < 1.29 is 9.13 Å². The predicted molar refractivity (Wildman–Crippen MR) is 68.9 cm³/mol. The van der Waals surface area contributed by atoms with E-state index < -0.39 is 0 Å². The van der Waals surface area contributed by atoms with Crippen molar-refractivity contribution in [3.8, 4) is 0 Å². The SMILES string of the molecule is CCOC(=S)c1cc(F)c(C)nc1NC1CC1. The average Bonchev–Trinajstić information content (AvgIpc) is 3.07. The number of rotatable bonds is 4. The van der Waals surface area contributed by atoms with Crippen LogP contribution in [0, 0.1) is 12.7 Å². The molecular weight excluding hydrogens is 239 g/mol. The second-order valence-electron chi connectivity index (χ2n) is 4.09. The van der Waals surface area contributed by atoms with Crippen molar-refractivity contribution in [3.63, 3.8) is 0 Å². The van der Waals surface area contributed by atoms with Gasteiger partial charge in [0, 0.05) is 6.04 Å². The van der Waals surface area contributed by atoms with Gasteiger partial charge in [-0.3, -0.25) is 0 Å². The lowest BCUT2D eigenvalue weighted by molar-refractivity contribution is 0.337. The lowest BCUT2D eigenvalue weighted by atomic mass is 10.2. The highest BCUT2D eigenvalue weighted by molar-refractivity contribution is 7.80. The van der Waals surface area contributed by atoms with Gasteiger partial charge in [0.25, 0.3) is 0 Å². The largest absolute Gasteiger partial charge is 0.483 e. The molecule has 0 amide bonds. The topological polar surface area (TPSA) is 34.1 Å². The minimum absolute atomic E-state index is 0.294. The summed E-state index contributed by atoms with van der Waals surface area (Å²) in [7, 11) is 0. The molecule has 0 radical (unpaired) electrons. The summed E-state index contributed by atoms with van der Waals surface area (Å²) in [4.78, 5) is 4.20. The minimum atomic E-state index is -0.358. The van der Waals surface area contributed by atoms with Gasteiger partial charge in [-0.25, -0.2) is 9.37 Å². The number of aryl methyl sites for hydroxylation is 1. The maximum Gasteiger partial charge on any atom is 0.195 e. The number of anilines is 1. The molecule has 0 atom stereocenters. The van der Waals surface area contributed by atoms with Crippen LogP contribution < -0.4 is 5.32 Å². The summed E-state index contributed by atoms with van der Waals surface area (Å²) < 4.78 is 18.8. The molecule has 0 unspecified atom stereocenters. The molecule has 2 rings (SSSR count). The lowest BCUT2D eigenvalue weighted by Crippen LogP contribution is -2.13. The molecule has 1 saturated carbocycles. The van der Waals surface area contributed by atoms with Crippen LogP contribution in [-0.4, -0.2) is 22.7 Å². The summed E-state index contributed by atoms with van der Waals surface area (Å²) in [6.45, 7) is 3.95. The molecule has 0 aromatic carbocycles. The van der Waals surface area contributed by atoms with E-state index in [0.717, 1.165) is 12.8 Å². The van der Waals surface area contributed by atoms with Gasteiger partial charge in [-0.15, -0.1) is 0 Å². The van der Waals surface area contributed by atoms with Crippen molar-refractivity contribution in [1.29, 1.82) is 0 Å². The van der Waals surface area contributed by atoms with Crippen LogP contribution in [0.1, 0.15) is 31.0 Å². The molecule has 17 heavy (non-hydrogen) atoms. The average molecular weight is 254 g/mol. The van der Waals surface area contributed by atoms with Gasteiger partial charge in [-0.2, -0.15) is 0 Å². The summed E-state index contributed by atoms with van der Waals surface area (Å²) in [5.41, 5.74) is 0.910. The van der Waals surface area contributed by atoms with Gasteiger partial charge in [-0.1, -0.05) is 0 Å². The van der Waals surface area contributed by atoms with Crippen molar-refractivity contribution in [2.45, 2.75) is 32.7 Å². The van der Waals surface area contributed by atoms with E-state index in [-0.39, 0.29) is 5.82 Å². The van der Waals surface area contributed by atoms with E-state index in [9.17, 15) is 4.39 Å². The standard InChI is InChI=1S/C12H15FN2OS/c1-3-16-12(17)9-6-10(13)7(2)14-11(9)15-8-4-5-8/h6,8H,3-5H2,1-2H3,(H,14,15). The van der Waals surface area contributed by atoms with E-state index >= 15 is 0 Å². The zero-order valence-corrected chi connectivity index (χ0v) is 10.7. The first kappa shape index (κ1) is 12.2. The molecule has 0 spiro atoms. The Bertz CT molecular complexity index is 446. The number of aromatic nitrogens is 1. The highest BCUT2D eigenvalue weighted by Crippen LogP contribution is 2.27. The molecule has 1 fully saturated rings. The summed E-state index contributed by atoms with van der Waals surface area (Å²) in [6.07, 6.45) is 2.25.